The van der Waals surface area contributed by atoms with Gasteiger partial charge in [0.1, 0.15) is 0 Å². The number of anilines is 1. The predicted molar refractivity (Wildman–Crippen MR) is 76.4 cm³/mol. The highest BCUT2D eigenvalue weighted by Gasteiger charge is 2.31. The fourth-order valence-electron chi connectivity index (χ4n) is 1.46. The first-order valence-corrected chi connectivity index (χ1v) is 7.24. The zero-order chi connectivity index (χ0) is 14.9. The number of amides is 1. The molecule has 0 saturated carbocycles. The van der Waals surface area contributed by atoms with E-state index in [9.17, 15) is 18.0 Å². The van der Waals surface area contributed by atoms with Crippen LogP contribution in [0.3, 0.4) is 0 Å². The number of thiophene rings is 1. The Morgan fingerprint density at radius 3 is 2.50 bits per heavy atom. The summed E-state index contributed by atoms with van der Waals surface area (Å²) in [7, 11) is 0. The average molecular weight is 385 g/mol. The zero-order valence-electron chi connectivity index (χ0n) is 9.59. The Bertz CT molecular complexity index is 656. The van der Waals surface area contributed by atoms with E-state index in [4.69, 9.17) is 11.6 Å². The van der Waals surface area contributed by atoms with Crippen molar-refractivity contribution in [3.8, 4) is 0 Å². The third kappa shape index (κ3) is 3.74. The van der Waals surface area contributed by atoms with Crippen molar-refractivity contribution in [2.24, 2.45) is 0 Å². The predicted octanol–water partition coefficient (Wildman–Crippen LogP) is 5.44. The van der Waals surface area contributed by atoms with E-state index in [0.29, 0.717) is 5.56 Å². The molecule has 0 aliphatic heterocycles. The molecule has 2 aromatic rings. The molecule has 0 bridgehead atoms. The van der Waals surface area contributed by atoms with E-state index in [-0.39, 0.29) is 10.7 Å². The van der Waals surface area contributed by atoms with Gasteiger partial charge in [0.15, 0.2) is 0 Å². The number of carbonyl (C=O) groups excluding carboxylic acids is 1. The van der Waals surface area contributed by atoms with Gasteiger partial charge in [-0.1, -0.05) is 11.6 Å². The molecule has 2 rings (SSSR count). The van der Waals surface area contributed by atoms with E-state index in [1.807, 2.05) is 0 Å². The Balaban J connectivity index is 2.25. The Morgan fingerprint density at radius 2 is 1.95 bits per heavy atom. The van der Waals surface area contributed by atoms with Crippen LogP contribution in [-0.2, 0) is 6.18 Å². The van der Waals surface area contributed by atoms with E-state index in [2.05, 4.69) is 21.2 Å². The lowest BCUT2D eigenvalue weighted by atomic mass is 10.2. The molecule has 1 N–H and O–H groups in total. The highest BCUT2D eigenvalue weighted by Crippen LogP contribution is 2.33. The smallest absolute Gasteiger partial charge is 0.322 e. The summed E-state index contributed by atoms with van der Waals surface area (Å²) in [5, 5.41) is 3.88. The van der Waals surface area contributed by atoms with Gasteiger partial charge in [-0.15, -0.1) is 11.3 Å². The van der Waals surface area contributed by atoms with Crippen molar-refractivity contribution >= 4 is 50.5 Å². The number of benzene rings is 1. The summed E-state index contributed by atoms with van der Waals surface area (Å²) in [6.07, 6.45) is -4.52. The van der Waals surface area contributed by atoms with Gasteiger partial charge >= 0.3 is 6.18 Å². The molecule has 0 unspecified atom stereocenters. The number of rotatable bonds is 2. The third-order valence-corrected chi connectivity index (χ3v) is 4.04. The van der Waals surface area contributed by atoms with Crippen LogP contribution in [-0.4, -0.2) is 5.91 Å². The van der Waals surface area contributed by atoms with Gasteiger partial charge in [0.05, 0.1) is 14.9 Å². The molecule has 1 aromatic carbocycles. The molecular formula is C12H6BrClF3NOS. The van der Waals surface area contributed by atoms with E-state index >= 15 is 0 Å². The molecule has 0 saturated heterocycles. The first-order valence-electron chi connectivity index (χ1n) is 5.19. The minimum atomic E-state index is -4.52. The van der Waals surface area contributed by atoms with Crippen molar-refractivity contribution in [3.63, 3.8) is 0 Å². The minimum Gasteiger partial charge on any atom is -0.322 e. The summed E-state index contributed by atoms with van der Waals surface area (Å²) in [6, 6.07) is 4.48. The summed E-state index contributed by atoms with van der Waals surface area (Å²) in [5.41, 5.74) is -0.556. The van der Waals surface area contributed by atoms with Crippen molar-refractivity contribution < 1.29 is 18.0 Å². The maximum Gasteiger partial charge on any atom is 0.416 e. The number of hydrogen-bond acceptors (Lipinski definition) is 2. The summed E-state index contributed by atoms with van der Waals surface area (Å²) < 4.78 is 38.7. The molecule has 0 aliphatic rings. The monoisotopic (exact) mass is 383 g/mol. The fraction of sp³-hybridized carbons (Fsp3) is 0.0833. The normalized spacial score (nSPS) is 11.4. The van der Waals surface area contributed by atoms with Gasteiger partial charge in [0, 0.05) is 16.1 Å². The maximum atomic E-state index is 12.6. The number of nitrogens with one attached hydrogen (secondary N) is 1. The Hall–Kier alpha value is -1.05. The van der Waals surface area contributed by atoms with Crippen molar-refractivity contribution in [2.45, 2.75) is 6.18 Å². The molecule has 0 atom stereocenters. The lowest BCUT2D eigenvalue weighted by Gasteiger charge is -2.10. The summed E-state index contributed by atoms with van der Waals surface area (Å²) in [6.45, 7) is 0. The molecular weight excluding hydrogens is 379 g/mol. The van der Waals surface area contributed by atoms with Crippen LogP contribution >= 0.6 is 38.9 Å². The highest BCUT2D eigenvalue weighted by molar-refractivity contribution is 9.11. The van der Waals surface area contributed by atoms with Crippen LogP contribution in [0.1, 0.15) is 15.9 Å². The molecule has 1 amide bonds. The molecule has 1 heterocycles. The molecule has 0 aliphatic carbocycles. The molecule has 106 valence electrons. The van der Waals surface area contributed by atoms with Crippen LogP contribution in [0.25, 0.3) is 0 Å². The van der Waals surface area contributed by atoms with Crippen molar-refractivity contribution in [1.29, 1.82) is 0 Å². The summed E-state index contributed by atoms with van der Waals surface area (Å²) in [4.78, 5) is 11.9. The van der Waals surface area contributed by atoms with Crippen molar-refractivity contribution in [3.05, 3.63) is 49.6 Å². The van der Waals surface area contributed by atoms with Crippen LogP contribution in [0.2, 0.25) is 5.02 Å². The molecule has 0 fully saturated rings. The van der Waals surface area contributed by atoms with Crippen LogP contribution in [0.5, 0.6) is 0 Å². The second kappa shape index (κ2) is 5.75. The summed E-state index contributed by atoms with van der Waals surface area (Å²) in [5.74, 6) is -0.498. The van der Waals surface area contributed by atoms with Gasteiger partial charge in [-0.05, 0) is 40.2 Å². The van der Waals surface area contributed by atoms with E-state index in [1.165, 1.54) is 17.4 Å². The quantitative estimate of drug-likeness (QED) is 0.734. The first-order chi connectivity index (χ1) is 9.25. The summed E-state index contributed by atoms with van der Waals surface area (Å²) >= 11 is 10.1. The fourth-order valence-corrected chi connectivity index (χ4v) is 2.83. The van der Waals surface area contributed by atoms with Gasteiger partial charge in [-0.2, -0.15) is 13.2 Å². The number of halogens is 5. The SMILES string of the molecule is O=C(Nc1cc(Cl)cc(C(F)(F)F)c1)c1csc(Br)c1. The third-order valence-electron chi connectivity index (χ3n) is 2.31. The van der Waals surface area contributed by atoms with Gasteiger partial charge < -0.3 is 5.32 Å². The highest BCUT2D eigenvalue weighted by atomic mass is 79.9. The molecule has 2 nitrogen and oxygen atoms in total. The molecule has 8 heteroatoms. The first kappa shape index (κ1) is 15.3. The van der Waals surface area contributed by atoms with Gasteiger partial charge in [-0.25, -0.2) is 0 Å². The van der Waals surface area contributed by atoms with Crippen molar-refractivity contribution in [2.75, 3.05) is 5.32 Å². The van der Waals surface area contributed by atoms with E-state index < -0.39 is 17.6 Å². The second-order valence-electron chi connectivity index (χ2n) is 3.82. The van der Waals surface area contributed by atoms with Crippen LogP contribution in [0, 0.1) is 0 Å². The van der Waals surface area contributed by atoms with Crippen LogP contribution in [0.15, 0.2) is 33.4 Å². The van der Waals surface area contributed by atoms with Crippen LogP contribution < -0.4 is 5.32 Å². The standard InChI is InChI=1S/C12H6BrClF3NOS/c13-10-1-6(5-20-10)11(19)18-9-3-7(12(15,16)17)2-8(14)4-9/h1-5H,(H,18,19). The topological polar surface area (TPSA) is 29.1 Å². The Morgan fingerprint density at radius 1 is 1.25 bits per heavy atom. The zero-order valence-corrected chi connectivity index (χ0v) is 12.8. The van der Waals surface area contributed by atoms with Crippen LogP contribution in [0.4, 0.5) is 18.9 Å². The second-order valence-corrected chi connectivity index (χ2v) is 6.55. The Kier molecular flexibility index (Phi) is 4.41. The minimum absolute atomic E-state index is 0.00264. The van der Waals surface area contributed by atoms with Crippen molar-refractivity contribution in [1.82, 2.24) is 0 Å². The molecule has 0 radical (unpaired) electrons. The molecule has 20 heavy (non-hydrogen) atoms. The number of alkyl halides is 3. The van der Waals surface area contributed by atoms with Gasteiger partial charge in [0.2, 0.25) is 0 Å². The van der Waals surface area contributed by atoms with E-state index in [0.717, 1.165) is 15.9 Å². The maximum absolute atomic E-state index is 12.6. The average Bonchev–Trinajstić information content (AvgIpc) is 2.74. The van der Waals surface area contributed by atoms with E-state index in [1.54, 1.807) is 11.4 Å². The molecule has 1 aromatic heterocycles. The Labute approximate surface area is 129 Å². The lowest BCUT2D eigenvalue weighted by Crippen LogP contribution is -2.12. The number of carbonyl (C=O) groups is 1. The molecule has 0 spiro atoms. The largest absolute Gasteiger partial charge is 0.416 e. The van der Waals surface area contributed by atoms with Gasteiger partial charge in [-0.3, -0.25) is 4.79 Å². The van der Waals surface area contributed by atoms with Gasteiger partial charge in [0.25, 0.3) is 5.91 Å². The number of hydrogen-bond donors (Lipinski definition) is 1. The lowest BCUT2D eigenvalue weighted by molar-refractivity contribution is -0.137.